The zero-order chi connectivity index (χ0) is 15.4. The molecule has 2 rings (SSSR count). The molecule has 0 aliphatic carbocycles. The van der Waals surface area contributed by atoms with Crippen molar-refractivity contribution >= 4 is 35.0 Å². The molecule has 1 N–H and O–H groups in total. The summed E-state index contributed by atoms with van der Waals surface area (Å²) < 4.78 is 0. The minimum Gasteiger partial charge on any atom is -0.478 e. The number of nitro benzene ring substituents is 1. The minimum absolute atomic E-state index is 0.0697. The van der Waals surface area contributed by atoms with Gasteiger partial charge in [-0.3, -0.25) is 10.1 Å². The molecule has 0 spiro atoms. The lowest BCUT2D eigenvalue weighted by atomic mass is 10.2. The third-order valence-electron chi connectivity index (χ3n) is 2.75. The molecule has 0 atom stereocenters. The van der Waals surface area contributed by atoms with Gasteiger partial charge in [0.25, 0.3) is 5.69 Å². The summed E-state index contributed by atoms with van der Waals surface area (Å²) in [6, 6.07) is 10.9. The van der Waals surface area contributed by atoms with Crippen molar-refractivity contribution in [1.29, 1.82) is 0 Å². The molecule has 0 aromatic heterocycles. The molecule has 2 aromatic carbocycles. The number of carboxylic acids is 1. The summed E-state index contributed by atoms with van der Waals surface area (Å²) in [4.78, 5) is 21.9. The third-order valence-corrected chi connectivity index (χ3v) is 4.22. The summed E-state index contributed by atoms with van der Waals surface area (Å²) >= 11 is 7.33. The fourth-order valence-corrected chi connectivity index (χ4v) is 3.06. The van der Waals surface area contributed by atoms with Crippen LogP contribution in [0.4, 0.5) is 5.69 Å². The summed E-state index contributed by atoms with van der Waals surface area (Å²) in [6.45, 7) is 0. The van der Waals surface area contributed by atoms with Crippen molar-refractivity contribution in [1.82, 2.24) is 0 Å². The fraction of sp³-hybridized carbons (Fsp3) is 0.0714. The molecule has 21 heavy (non-hydrogen) atoms. The first kappa shape index (κ1) is 15.3. The molecule has 108 valence electrons. The van der Waals surface area contributed by atoms with Crippen molar-refractivity contribution in [3.8, 4) is 0 Å². The fourth-order valence-electron chi connectivity index (χ4n) is 1.69. The number of nitrogens with zero attached hydrogens (tertiary/aromatic N) is 1. The van der Waals surface area contributed by atoms with E-state index in [9.17, 15) is 14.9 Å². The van der Waals surface area contributed by atoms with Gasteiger partial charge in [0, 0.05) is 22.8 Å². The highest BCUT2D eigenvalue weighted by atomic mass is 35.5. The largest absolute Gasteiger partial charge is 0.478 e. The number of benzene rings is 2. The second-order valence-electron chi connectivity index (χ2n) is 4.12. The van der Waals surface area contributed by atoms with Gasteiger partial charge in [0.05, 0.1) is 15.5 Å². The van der Waals surface area contributed by atoms with Crippen molar-refractivity contribution in [3.63, 3.8) is 0 Å². The van der Waals surface area contributed by atoms with E-state index in [1.165, 1.54) is 30.0 Å². The van der Waals surface area contributed by atoms with Gasteiger partial charge in [0.1, 0.15) is 0 Å². The van der Waals surface area contributed by atoms with Crippen molar-refractivity contribution in [2.24, 2.45) is 0 Å². The molecular formula is C14H10ClNO4S. The topological polar surface area (TPSA) is 80.4 Å². The van der Waals surface area contributed by atoms with Crippen LogP contribution in [0.15, 0.2) is 47.4 Å². The second kappa shape index (κ2) is 6.60. The van der Waals surface area contributed by atoms with E-state index in [1.54, 1.807) is 24.3 Å². The van der Waals surface area contributed by atoms with Gasteiger partial charge in [0.2, 0.25) is 0 Å². The van der Waals surface area contributed by atoms with Crippen LogP contribution in [0.2, 0.25) is 5.02 Å². The minimum atomic E-state index is -0.993. The Morgan fingerprint density at radius 3 is 2.62 bits per heavy atom. The number of aromatic carboxylic acids is 1. The molecule has 0 aliphatic heterocycles. The number of nitro groups is 1. The molecular weight excluding hydrogens is 314 g/mol. The predicted octanol–water partition coefficient (Wildman–Crippen LogP) is 4.24. The van der Waals surface area contributed by atoms with Crippen LogP contribution >= 0.6 is 23.4 Å². The maximum atomic E-state index is 11.1. The number of carboxylic acid groups (broad SMARTS) is 1. The van der Waals surface area contributed by atoms with Crippen LogP contribution in [-0.2, 0) is 5.75 Å². The second-order valence-corrected chi connectivity index (χ2v) is 5.55. The molecule has 0 bridgehead atoms. The summed E-state index contributed by atoms with van der Waals surface area (Å²) in [5.41, 5.74) is 0.868. The number of rotatable bonds is 5. The molecule has 0 saturated heterocycles. The zero-order valence-electron chi connectivity index (χ0n) is 10.7. The van der Waals surface area contributed by atoms with E-state index in [-0.39, 0.29) is 11.3 Å². The van der Waals surface area contributed by atoms with Crippen LogP contribution in [0.3, 0.4) is 0 Å². The molecule has 0 amide bonds. The Bertz CT molecular complexity index is 705. The number of thioether (sulfide) groups is 1. The van der Waals surface area contributed by atoms with Crippen LogP contribution in [0.5, 0.6) is 0 Å². The summed E-state index contributed by atoms with van der Waals surface area (Å²) in [5.74, 6) is -0.561. The van der Waals surface area contributed by atoms with Gasteiger partial charge in [-0.2, -0.15) is 0 Å². The first-order chi connectivity index (χ1) is 9.99. The summed E-state index contributed by atoms with van der Waals surface area (Å²) in [6.07, 6.45) is 0. The SMILES string of the molecule is O=C(O)c1ccccc1SCc1ccc([N+](=O)[O-])cc1Cl. The predicted molar refractivity (Wildman–Crippen MR) is 81.1 cm³/mol. The van der Waals surface area contributed by atoms with E-state index in [4.69, 9.17) is 16.7 Å². The first-order valence-electron chi connectivity index (χ1n) is 5.87. The van der Waals surface area contributed by atoms with Gasteiger partial charge in [-0.15, -0.1) is 11.8 Å². The molecule has 5 nitrogen and oxygen atoms in total. The normalized spacial score (nSPS) is 10.3. The average Bonchev–Trinajstić information content (AvgIpc) is 2.46. The number of carbonyl (C=O) groups is 1. The van der Waals surface area contributed by atoms with Gasteiger partial charge in [-0.05, 0) is 23.8 Å². The van der Waals surface area contributed by atoms with Crippen LogP contribution in [0.25, 0.3) is 0 Å². The lowest BCUT2D eigenvalue weighted by Crippen LogP contribution is -1.98. The van der Waals surface area contributed by atoms with Crippen molar-refractivity contribution < 1.29 is 14.8 Å². The Hall–Kier alpha value is -2.05. The molecule has 0 unspecified atom stereocenters. The summed E-state index contributed by atoms with van der Waals surface area (Å²) in [7, 11) is 0. The Morgan fingerprint density at radius 2 is 2.00 bits per heavy atom. The van der Waals surface area contributed by atoms with Crippen LogP contribution < -0.4 is 0 Å². The Morgan fingerprint density at radius 1 is 1.29 bits per heavy atom. The van der Waals surface area contributed by atoms with Gasteiger partial charge in [0.15, 0.2) is 0 Å². The van der Waals surface area contributed by atoms with E-state index in [0.29, 0.717) is 21.2 Å². The highest BCUT2D eigenvalue weighted by molar-refractivity contribution is 7.98. The number of hydrogen-bond acceptors (Lipinski definition) is 4. The smallest absolute Gasteiger partial charge is 0.336 e. The zero-order valence-corrected chi connectivity index (χ0v) is 12.2. The first-order valence-corrected chi connectivity index (χ1v) is 7.23. The Kier molecular flexibility index (Phi) is 4.82. The number of hydrogen-bond donors (Lipinski definition) is 1. The van der Waals surface area contributed by atoms with Crippen LogP contribution in [0, 0.1) is 10.1 Å². The lowest BCUT2D eigenvalue weighted by molar-refractivity contribution is -0.384. The Balaban J connectivity index is 2.17. The summed E-state index contributed by atoms with van der Waals surface area (Å²) in [5, 5.41) is 20.0. The molecule has 0 saturated carbocycles. The van der Waals surface area contributed by atoms with E-state index in [1.807, 2.05) is 0 Å². The van der Waals surface area contributed by atoms with E-state index < -0.39 is 10.9 Å². The maximum Gasteiger partial charge on any atom is 0.336 e. The molecule has 0 heterocycles. The van der Waals surface area contributed by atoms with Gasteiger partial charge >= 0.3 is 5.97 Å². The maximum absolute atomic E-state index is 11.1. The number of non-ortho nitro benzene ring substituents is 1. The van der Waals surface area contributed by atoms with E-state index >= 15 is 0 Å². The highest BCUT2D eigenvalue weighted by Gasteiger charge is 2.12. The van der Waals surface area contributed by atoms with Crippen LogP contribution in [0.1, 0.15) is 15.9 Å². The average molecular weight is 324 g/mol. The van der Waals surface area contributed by atoms with E-state index in [0.717, 1.165) is 0 Å². The number of halogens is 1. The van der Waals surface area contributed by atoms with Gasteiger partial charge in [-0.25, -0.2) is 4.79 Å². The van der Waals surface area contributed by atoms with Crippen molar-refractivity contribution in [3.05, 3.63) is 68.7 Å². The monoisotopic (exact) mass is 323 g/mol. The standard InChI is InChI=1S/C14H10ClNO4S/c15-12-7-10(16(19)20)6-5-9(12)8-21-13-4-2-1-3-11(13)14(17)18/h1-7H,8H2,(H,17,18). The molecule has 2 aromatic rings. The lowest BCUT2D eigenvalue weighted by Gasteiger charge is -2.07. The molecule has 0 radical (unpaired) electrons. The highest BCUT2D eigenvalue weighted by Crippen LogP contribution is 2.30. The molecule has 0 aliphatic rings. The molecule has 0 fully saturated rings. The quantitative estimate of drug-likeness (QED) is 0.505. The van der Waals surface area contributed by atoms with Crippen molar-refractivity contribution in [2.45, 2.75) is 10.6 Å². The van der Waals surface area contributed by atoms with Gasteiger partial charge < -0.3 is 5.11 Å². The Labute approximate surface area is 129 Å². The van der Waals surface area contributed by atoms with Gasteiger partial charge in [-0.1, -0.05) is 23.7 Å². The van der Waals surface area contributed by atoms with Crippen LogP contribution in [-0.4, -0.2) is 16.0 Å². The molecule has 7 heteroatoms. The van der Waals surface area contributed by atoms with Crippen molar-refractivity contribution in [2.75, 3.05) is 0 Å². The third kappa shape index (κ3) is 3.74. The van der Waals surface area contributed by atoms with E-state index in [2.05, 4.69) is 0 Å².